The van der Waals surface area contributed by atoms with Crippen molar-refractivity contribution in [3.63, 3.8) is 0 Å². The van der Waals surface area contributed by atoms with Crippen molar-refractivity contribution >= 4 is 0 Å². The van der Waals surface area contributed by atoms with Gasteiger partial charge in [0.05, 0.1) is 9.85 Å². The van der Waals surface area contributed by atoms with Crippen molar-refractivity contribution in [2.24, 2.45) is 11.8 Å². The second-order valence-corrected chi connectivity index (χ2v) is 7.01. The normalized spacial score (nSPS) is 57.7. The van der Waals surface area contributed by atoms with E-state index >= 15 is 0 Å². The molecule has 6 aliphatic carbocycles. The minimum Gasteiger partial charge on any atom is -0.264 e. The third-order valence-electron chi connectivity index (χ3n) is 7.69. The van der Waals surface area contributed by atoms with Crippen LogP contribution in [0, 0.1) is 72.5 Å². The van der Waals surface area contributed by atoms with Gasteiger partial charge in [0.2, 0.25) is 11.8 Å². The summed E-state index contributed by atoms with van der Waals surface area (Å²) < 4.78 is 0. The summed E-state index contributed by atoms with van der Waals surface area (Å²) in [6.45, 7) is 0. The molecule has 0 aromatic heterocycles. The lowest BCUT2D eigenvalue weighted by Crippen LogP contribution is -3.45. The lowest BCUT2D eigenvalue weighted by atomic mass is 8.86. The first-order valence-electron chi connectivity index (χ1n) is 6.76. The molecule has 6 saturated carbocycles. The largest absolute Gasteiger partial charge is 0.445 e. The van der Waals surface area contributed by atoms with E-state index in [0.29, 0.717) is 0 Å². The molecule has 0 amide bonds. The molecule has 6 fully saturated rings. The Kier molecular flexibility index (Phi) is 1.58. The van der Waals surface area contributed by atoms with Crippen LogP contribution < -0.4 is 0 Å². The highest BCUT2D eigenvalue weighted by Crippen LogP contribution is 3.11. The van der Waals surface area contributed by atoms with Crippen LogP contribution in [0.2, 0.25) is 0 Å². The molecule has 18 nitrogen and oxygen atoms in total. The Morgan fingerprint density at radius 2 is 0.731 bits per heavy atom. The first-order valence-corrected chi connectivity index (χ1v) is 6.76. The lowest BCUT2D eigenvalue weighted by Gasteiger charge is -2.96. The van der Waals surface area contributed by atoms with E-state index in [1.807, 2.05) is 0 Å². The van der Waals surface area contributed by atoms with E-state index in [1.165, 1.54) is 0 Å². The van der Waals surface area contributed by atoms with E-state index < -0.39 is 74.6 Å². The summed E-state index contributed by atoms with van der Waals surface area (Å²) >= 11 is 0. The fourth-order valence-electron chi connectivity index (χ4n) is 8.08. The summed E-state index contributed by atoms with van der Waals surface area (Å²) in [4.78, 5) is 60.7. The summed E-state index contributed by atoms with van der Waals surface area (Å²) in [6.07, 6.45) is 0. The van der Waals surface area contributed by atoms with E-state index in [2.05, 4.69) is 0 Å². The van der Waals surface area contributed by atoms with Gasteiger partial charge in [-0.3, -0.25) is 60.7 Å². The Labute approximate surface area is 136 Å². The van der Waals surface area contributed by atoms with Gasteiger partial charge in [-0.25, -0.2) is 0 Å². The number of nitrogens with zero attached hydrogens (tertiary/aromatic N) is 6. The smallest absolute Gasteiger partial charge is 0.264 e. The first-order chi connectivity index (χ1) is 11.9. The fourth-order valence-corrected chi connectivity index (χ4v) is 8.08. The van der Waals surface area contributed by atoms with Crippen LogP contribution in [0.15, 0.2) is 0 Å². The molecule has 136 valence electrons. The Morgan fingerprint density at radius 1 is 0.462 bits per heavy atom. The van der Waals surface area contributed by atoms with E-state index in [4.69, 9.17) is 0 Å². The summed E-state index contributed by atoms with van der Waals surface area (Å²) in [5.41, 5.74) is -19.6. The van der Waals surface area contributed by atoms with E-state index in [1.54, 1.807) is 0 Å². The quantitative estimate of drug-likeness (QED) is 0.341. The molecule has 0 bridgehead atoms. The first kappa shape index (κ1) is 14.7. The zero-order valence-corrected chi connectivity index (χ0v) is 11.7. The third-order valence-corrected chi connectivity index (χ3v) is 7.69. The standard InChI is InChI=1S/C8H2N6O12/c15-9(16)3-1-4(10(17)18)2(3)6(12(21)22)7(3,13(23)24)5(1,11(19)20)8(4,6)14(25)26/h1-2H. The zero-order chi connectivity index (χ0) is 19.6. The number of hydrogen-bond acceptors (Lipinski definition) is 12. The SMILES string of the molecule is O=[N+]([O-])C12C3C4([N+](=O)[O-])C1C1([N+](=O)[O-])C2([N+](=O)[O-])C3([N+](=O)[O-])C41[N+](=O)[O-]. The predicted octanol–water partition coefficient (Wildman–Crippen LogP) is -2.62. The lowest BCUT2D eigenvalue weighted by molar-refractivity contribution is -1.10. The summed E-state index contributed by atoms with van der Waals surface area (Å²) in [6, 6.07) is 0. The molecule has 0 N–H and O–H groups in total. The van der Waals surface area contributed by atoms with Gasteiger partial charge in [0.15, 0.2) is 0 Å². The molecule has 0 spiro atoms. The number of rotatable bonds is 6. The maximum Gasteiger partial charge on any atom is 0.445 e. The molecule has 0 radical (unpaired) electrons. The van der Waals surface area contributed by atoms with Crippen LogP contribution in [0.1, 0.15) is 0 Å². The van der Waals surface area contributed by atoms with Crippen LogP contribution in [-0.2, 0) is 0 Å². The van der Waals surface area contributed by atoms with Gasteiger partial charge in [0, 0.05) is 19.7 Å². The van der Waals surface area contributed by atoms with Gasteiger partial charge in [-0.05, 0) is 0 Å². The van der Waals surface area contributed by atoms with Crippen LogP contribution in [0.5, 0.6) is 0 Å². The van der Waals surface area contributed by atoms with Crippen LogP contribution >= 0.6 is 0 Å². The third kappa shape index (κ3) is 0.512. The fraction of sp³-hybridized carbons (Fsp3) is 1.00. The van der Waals surface area contributed by atoms with E-state index in [0.717, 1.165) is 0 Å². The Hall–Kier alpha value is -3.60. The molecule has 6 aliphatic rings. The summed E-state index contributed by atoms with van der Waals surface area (Å²) in [7, 11) is 0. The number of nitro groups is 6. The van der Waals surface area contributed by atoms with Crippen molar-refractivity contribution in [2.45, 2.75) is 33.2 Å². The van der Waals surface area contributed by atoms with Gasteiger partial charge < -0.3 is 0 Å². The minimum absolute atomic E-state index is 1.35. The molecule has 0 unspecified atom stereocenters. The highest BCUT2D eigenvalue weighted by Gasteiger charge is 3.61. The van der Waals surface area contributed by atoms with Crippen LogP contribution in [0.25, 0.3) is 0 Å². The molecule has 0 saturated heterocycles. The van der Waals surface area contributed by atoms with Crippen molar-refractivity contribution in [3.05, 3.63) is 60.7 Å². The Balaban J connectivity index is 1.96. The molecule has 26 heavy (non-hydrogen) atoms. The molecule has 0 heterocycles. The van der Waals surface area contributed by atoms with Crippen molar-refractivity contribution in [3.8, 4) is 0 Å². The molecular weight excluding hydrogens is 372 g/mol. The van der Waals surface area contributed by atoms with Crippen molar-refractivity contribution in [1.82, 2.24) is 0 Å². The van der Waals surface area contributed by atoms with E-state index in [-0.39, 0.29) is 0 Å². The maximum atomic E-state index is 11.7. The molecule has 6 rings (SSSR count). The molecule has 0 aromatic carbocycles. The van der Waals surface area contributed by atoms with Gasteiger partial charge in [-0.1, -0.05) is 0 Å². The molecule has 0 aromatic rings. The molecule has 18 heteroatoms. The minimum atomic E-state index is -3.50. The molecule has 0 atom stereocenters. The highest BCUT2D eigenvalue weighted by atomic mass is 16.7. The highest BCUT2D eigenvalue weighted by molar-refractivity contribution is 5.83. The van der Waals surface area contributed by atoms with Gasteiger partial charge in [0.1, 0.15) is 0 Å². The van der Waals surface area contributed by atoms with Gasteiger partial charge in [0.25, 0.3) is 0 Å². The second kappa shape index (κ2) is 2.80. The summed E-state index contributed by atoms with van der Waals surface area (Å²) in [5, 5.41) is 69.6. The van der Waals surface area contributed by atoms with Crippen LogP contribution in [0.4, 0.5) is 0 Å². The van der Waals surface area contributed by atoms with Crippen molar-refractivity contribution in [1.29, 1.82) is 0 Å². The van der Waals surface area contributed by atoms with E-state index in [9.17, 15) is 60.7 Å². The van der Waals surface area contributed by atoms with Gasteiger partial charge in [-0.15, -0.1) is 0 Å². The average Bonchev–Trinajstić information content (AvgIpc) is 2.50. The zero-order valence-electron chi connectivity index (χ0n) is 11.7. The van der Waals surface area contributed by atoms with Gasteiger partial charge >= 0.3 is 33.2 Å². The van der Waals surface area contributed by atoms with Crippen molar-refractivity contribution in [2.75, 3.05) is 0 Å². The average molecular weight is 374 g/mol. The van der Waals surface area contributed by atoms with Crippen molar-refractivity contribution < 1.29 is 29.5 Å². The topological polar surface area (TPSA) is 259 Å². The molecule has 0 aliphatic heterocycles. The van der Waals surface area contributed by atoms with Gasteiger partial charge in [-0.2, -0.15) is 0 Å². The monoisotopic (exact) mass is 374 g/mol. The molecular formula is C8H2N6O12. The Morgan fingerprint density at radius 3 is 0.885 bits per heavy atom. The number of hydrogen-bond donors (Lipinski definition) is 0. The van der Waals surface area contributed by atoms with Crippen LogP contribution in [0.3, 0.4) is 0 Å². The summed E-state index contributed by atoms with van der Waals surface area (Å²) in [5.74, 6) is -4.52. The van der Waals surface area contributed by atoms with Crippen LogP contribution in [-0.4, -0.2) is 62.8 Å². The maximum absolute atomic E-state index is 11.7. The second-order valence-electron chi connectivity index (χ2n) is 7.01. The predicted molar refractivity (Wildman–Crippen MR) is 65.3 cm³/mol. The Bertz CT molecular complexity index is 890.